The summed E-state index contributed by atoms with van der Waals surface area (Å²) in [4.78, 5) is 18.1. The Kier molecular flexibility index (Phi) is 5.60. The number of hydrogen-bond acceptors (Lipinski definition) is 4. The summed E-state index contributed by atoms with van der Waals surface area (Å²) in [5, 5.41) is 0. The molecule has 2 aromatic rings. The van der Waals surface area contributed by atoms with Crippen molar-refractivity contribution in [2.24, 2.45) is 11.7 Å². The summed E-state index contributed by atoms with van der Waals surface area (Å²) >= 11 is 0. The fourth-order valence-corrected chi connectivity index (χ4v) is 3.28. The predicted octanol–water partition coefficient (Wildman–Crippen LogP) is 2.92. The van der Waals surface area contributed by atoms with Gasteiger partial charge in [-0.3, -0.25) is 4.98 Å². The van der Waals surface area contributed by atoms with Crippen molar-refractivity contribution in [3.63, 3.8) is 0 Å². The molecule has 3 rings (SSSR count). The molecule has 25 heavy (non-hydrogen) atoms. The van der Waals surface area contributed by atoms with Gasteiger partial charge in [-0.25, -0.2) is 9.18 Å². The molecule has 1 aliphatic heterocycles. The number of pyridine rings is 1. The molecule has 1 aliphatic rings. The first-order valence-electron chi connectivity index (χ1n) is 8.45. The molecular weight excluding hydrogens is 321 g/mol. The molecule has 1 fully saturated rings. The van der Waals surface area contributed by atoms with Crippen LogP contribution >= 0.6 is 0 Å². The van der Waals surface area contributed by atoms with E-state index in [2.05, 4.69) is 4.98 Å². The third kappa shape index (κ3) is 4.14. The number of carbonyl (C=O) groups excluding carboxylic acids is 1. The molecule has 2 N–H and O–H groups in total. The van der Waals surface area contributed by atoms with Crippen LogP contribution < -0.4 is 5.73 Å². The highest BCUT2D eigenvalue weighted by Gasteiger charge is 2.34. The first kappa shape index (κ1) is 17.4. The van der Waals surface area contributed by atoms with E-state index in [1.165, 1.54) is 6.07 Å². The second kappa shape index (κ2) is 8.07. The molecule has 2 unspecified atom stereocenters. The van der Waals surface area contributed by atoms with E-state index in [-0.39, 0.29) is 30.4 Å². The first-order valence-corrected chi connectivity index (χ1v) is 8.45. The van der Waals surface area contributed by atoms with Crippen LogP contribution in [-0.2, 0) is 11.3 Å². The number of ether oxygens (including phenoxy) is 1. The van der Waals surface area contributed by atoms with E-state index < -0.39 is 0 Å². The monoisotopic (exact) mass is 343 g/mol. The molecule has 0 aliphatic carbocycles. The lowest BCUT2D eigenvalue weighted by molar-refractivity contribution is 0.0746. The summed E-state index contributed by atoms with van der Waals surface area (Å²) < 4.78 is 19.4. The standard InChI is InChI=1S/C19H22FN3O2/c20-17-7-4-9-22-18(17)16-8-10-23(12-15(16)11-21)19(24)25-13-14-5-2-1-3-6-14/h1-7,9,15-16H,8,10-13,21H2. The first-order chi connectivity index (χ1) is 12.2. The van der Waals surface area contributed by atoms with Gasteiger partial charge in [-0.05, 0) is 36.6 Å². The largest absolute Gasteiger partial charge is 0.445 e. The van der Waals surface area contributed by atoms with E-state index in [0.29, 0.717) is 31.7 Å². The Balaban J connectivity index is 1.61. The molecule has 6 heteroatoms. The fraction of sp³-hybridized carbons (Fsp3) is 0.368. The molecule has 0 saturated carbocycles. The van der Waals surface area contributed by atoms with Crippen molar-refractivity contribution in [2.45, 2.75) is 18.9 Å². The Labute approximate surface area is 146 Å². The number of hydrogen-bond donors (Lipinski definition) is 1. The fourth-order valence-electron chi connectivity index (χ4n) is 3.28. The SMILES string of the molecule is NCC1CN(C(=O)OCc2ccccc2)CCC1c1ncccc1F. The highest BCUT2D eigenvalue weighted by Crippen LogP contribution is 2.32. The van der Waals surface area contributed by atoms with Crippen LogP contribution in [0.2, 0.25) is 0 Å². The van der Waals surface area contributed by atoms with Crippen LogP contribution in [-0.4, -0.2) is 35.6 Å². The molecule has 2 atom stereocenters. The van der Waals surface area contributed by atoms with Gasteiger partial charge >= 0.3 is 6.09 Å². The Morgan fingerprint density at radius 1 is 1.28 bits per heavy atom. The van der Waals surface area contributed by atoms with Crippen molar-refractivity contribution >= 4 is 6.09 Å². The predicted molar refractivity (Wildman–Crippen MR) is 92.3 cm³/mol. The van der Waals surface area contributed by atoms with E-state index in [1.807, 2.05) is 30.3 Å². The van der Waals surface area contributed by atoms with Gasteiger partial charge in [-0.1, -0.05) is 30.3 Å². The van der Waals surface area contributed by atoms with Gasteiger partial charge in [0, 0.05) is 25.2 Å². The van der Waals surface area contributed by atoms with Crippen molar-refractivity contribution < 1.29 is 13.9 Å². The quantitative estimate of drug-likeness (QED) is 0.927. The summed E-state index contributed by atoms with van der Waals surface area (Å²) in [7, 11) is 0. The normalized spacial score (nSPS) is 20.3. The molecular formula is C19H22FN3O2. The van der Waals surface area contributed by atoms with Crippen LogP contribution in [0.15, 0.2) is 48.7 Å². The number of benzene rings is 1. The molecule has 0 radical (unpaired) electrons. The highest BCUT2D eigenvalue weighted by molar-refractivity contribution is 5.67. The zero-order valence-corrected chi connectivity index (χ0v) is 14.0. The molecule has 0 bridgehead atoms. The number of nitrogens with zero attached hydrogens (tertiary/aromatic N) is 2. The lowest BCUT2D eigenvalue weighted by Crippen LogP contribution is -2.45. The molecule has 1 amide bonds. The van der Waals surface area contributed by atoms with E-state index in [4.69, 9.17) is 10.5 Å². The third-order valence-corrected chi connectivity index (χ3v) is 4.64. The zero-order valence-electron chi connectivity index (χ0n) is 14.0. The van der Waals surface area contributed by atoms with Crippen molar-refractivity contribution in [3.05, 3.63) is 65.7 Å². The molecule has 1 aromatic heterocycles. The van der Waals surface area contributed by atoms with Gasteiger partial charge < -0.3 is 15.4 Å². The van der Waals surface area contributed by atoms with Crippen molar-refractivity contribution in [1.82, 2.24) is 9.88 Å². The third-order valence-electron chi connectivity index (χ3n) is 4.64. The second-order valence-corrected chi connectivity index (χ2v) is 6.25. The highest BCUT2D eigenvalue weighted by atomic mass is 19.1. The maximum atomic E-state index is 14.0. The van der Waals surface area contributed by atoms with E-state index >= 15 is 0 Å². The van der Waals surface area contributed by atoms with Gasteiger partial charge in [0.1, 0.15) is 12.4 Å². The number of amides is 1. The number of likely N-dealkylation sites (tertiary alicyclic amines) is 1. The van der Waals surface area contributed by atoms with Gasteiger partial charge in [0.2, 0.25) is 0 Å². The Morgan fingerprint density at radius 2 is 2.08 bits per heavy atom. The summed E-state index contributed by atoms with van der Waals surface area (Å²) in [6.07, 6.45) is 1.85. The van der Waals surface area contributed by atoms with Gasteiger partial charge in [0.15, 0.2) is 0 Å². The molecule has 5 nitrogen and oxygen atoms in total. The van der Waals surface area contributed by atoms with Crippen molar-refractivity contribution in [1.29, 1.82) is 0 Å². The van der Waals surface area contributed by atoms with Gasteiger partial charge in [0.05, 0.1) is 5.69 Å². The van der Waals surface area contributed by atoms with Crippen molar-refractivity contribution in [3.8, 4) is 0 Å². The molecule has 132 valence electrons. The van der Waals surface area contributed by atoms with Crippen LogP contribution in [0.25, 0.3) is 0 Å². The Bertz CT molecular complexity index is 711. The summed E-state index contributed by atoms with van der Waals surface area (Å²) in [5.41, 5.74) is 7.26. The maximum Gasteiger partial charge on any atom is 0.410 e. The van der Waals surface area contributed by atoms with E-state index in [1.54, 1.807) is 17.2 Å². The minimum Gasteiger partial charge on any atom is -0.445 e. The van der Waals surface area contributed by atoms with E-state index in [9.17, 15) is 9.18 Å². The average Bonchev–Trinajstić information content (AvgIpc) is 2.67. The number of piperidine rings is 1. The van der Waals surface area contributed by atoms with Crippen LogP contribution in [0, 0.1) is 11.7 Å². The van der Waals surface area contributed by atoms with Gasteiger partial charge in [0.25, 0.3) is 0 Å². The van der Waals surface area contributed by atoms with Crippen molar-refractivity contribution in [2.75, 3.05) is 19.6 Å². The minimum atomic E-state index is -0.359. The molecule has 2 heterocycles. The average molecular weight is 343 g/mol. The van der Waals surface area contributed by atoms with Gasteiger partial charge in [-0.2, -0.15) is 0 Å². The summed E-state index contributed by atoms with van der Waals surface area (Å²) in [6, 6.07) is 12.5. The van der Waals surface area contributed by atoms with Crippen LogP contribution in [0.4, 0.5) is 9.18 Å². The Morgan fingerprint density at radius 3 is 2.80 bits per heavy atom. The number of nitrogens with two attached hydrogens (primary N) is 1. The topological polar surface area (TPSA) is 68.5 Å². The van der Waals surface area contributed by atoms with Crippen LogP contribution in [0.5, 0.6) is 0 Å². The minimum absolute atomic E-state index is 0.0394. The van der Waals surface area contributed by atoms with Crippen LogP contribution in [0.1, 0.15) is 23.6 Å². The Hall–Kier alpha value is -2.47. The number of rotatable bonds is 4. The number of carbonyl (C=O) groups is 1. The maximum absolute atomic E-state index is 14.0. The number of aromatic nitrogens is 1. The molecule has 1 saturated heterocycles. The lowest BCUT2D eigenvalue weighted by Gasteiger charge is -2.37. The molecule has 1 aromatic carbocycles. The second-order valence-electron chi connectivity index (χ2n) is 6.25. The summed E-state index contributed by atoms with van der Waals surface area (Å²) in [5.74, 6) is -0.433. The van der Waals surface area contributed by atoms with Gasteiger partial charge in [-0.15, -0.1) is 0 Å². The number of halogens is 1. The van der Waals surface area contributed by atoms with E-state index in [0.717, 1.165) is 5.56 Å². The zero-order chi connectivity index (χ0) is 17.6. The summed E-state index contributed by atoms with van der Waals surface area (Å²) in [6.45, 7) is 1.56. The smallest absolute Gasteiger partial charge is 0.410 e. The van der Waals surface area contributed by atoms with Crippen LogP contribution in [0.3, 0.4) is 0 Å². The molecule has 0 spiro atoms. The lowest BCUT2D eigenvalue weighted by atomic mass is 9.83.